The van der Waals surface area contributed by atoms with Crippen molar-refractivity contribution in [3.05, 3.63) is 23.8 Å². The Balaban J connectivity index is 2.02. The van der Waals surface area contributed by atoms with Crippen molar-refractivity contribution in [2.45, 2.75) is 31.8 Å². The zero-order valence-electron chi connectivity index (χ0n) is 11.0. The van der Waals surface area contributed by atoms with Gasteiger partial charge in [0.25, 0.3) is 0 Å². The second-order valence-corrected chi connectivity index (χ2v) is 4.71. The number of nitrogens with one attached hydrogen (secondary N) is 1. The molecule has 100 valence electrons. The fourth-order valence-corrected chi connectivity index (χ4v) is 1.93. The molecule has 0 saturated heterocycles. The Bertz CT molecular complexity index is 402. The van der Waals surface area contributed by atoms with E-state index < -0.39 is 0 Å². The number of methoxy groups -OCH3 is 1. The Morgan fingerprint density at radius 3 is 2.67 bits per heavy atom. The van der Waals surface area contributed by atoms with Crippen LogP contribution in [0.2, 0.25) is 0 Å². The SMILES string of the molecule is CCOc1cc(CNC2(CO)CC2)ccc1OC. The monoisotopic (exact) mass is 251 g/mol. The summed E-state index contributed by atoms with van der Waals surface area (Å²) in [6.45, 7) is 3.52. The van der Waals surface area contributed by atoms with Crippen LogP contribution >= 0.6 is 0 Å². The summed E-state index contributed by atoms with van der Waals surface area (Å²) in [7, 11) is 1.64. The topological polar surface area (TPSA) is 50.7 Å². The van der Waals surface area contributed by atoms with Crippen LogP contribution in [0.4, 0.5) is 0 Å². The van der Waals surface area contributed by atoms with Crippen LogP contribution in [-0.4, -0.2) is 31.0 Å². The number of ether oxygens (including phenoxy) is 2. The van der Waals surface area contributed by atoms with Crippen molar-refractivity contribution in [2.75, 3.05) is 20.3 Å². The minimum absolute atomic E-state index is 0.0360. The summed E-state index contributed by atoms with van der Waals surface area (Å²) in [5.41, 5.74) is 1.10. The van der Waals surface area contributed by atoms with Gasteiger partial charge in [-0.05, 0) is 37.5 Å². The molecule has 1 aliphatic carbocycles. The van der Waals surface area contributed by atoms with E-state index in [0.29, 0.717) is 6.61 Å². The van der Waals surface area contributed by atoms with Crippen molar-refractivity contribution in [2.24, 2.45) is 0 Å². The first-order chi connectivity index (χ1) is 8.73. The third kappa shape index (κ3) is 2.94. The highest BCUT2D eigenvalue weighted by atomic mass is 16.5. The zero-order valence-corrected chi connectivity index (χ0v) is 11.0. The highest BCUT2D eigenvalue weighted by Gasteiger charge is 2.41. The van der Waals surface area contributed by atoms with Gasteiger partial charge in [-0.3, -0.25) is 0 Å². The molecule has 0 heterocycles. The summed E-state index contributed by atoms with van der Waals surface area (Å²) in [6.07, 6.45) is 2.11. The van der Waals surface area contributed by atoms with Crippen molar-refractivity contribution < 1.29 is 14.6 Å². The quantitative estimate of drug-likeness (QED) is 0.774. The van der Waals surface area contributed by atoms with E-state index in [-0.39, 0.29) is 12.1 Å². The molecule has 0 aromatic heterocycles. The lowest BCUT2D eigenvalue weighted by atomic mass is 10.2. The lowest BCUT2D eigenvalue weighted by molar-refractivity contribution is 0.229. The van der Waals surface area contributed by atoms with Gasteiger partial charge in [-0.1, -0.05) is 6.07 Å². The van der Waals surface area contributed by atoms with Crippen LogP contribution in [0.3, 0.4) is 0 Å². The predicted octanol–water partition coefficient (Wildman–Crippen LogP) is 1.71. The highest BCUT2D eigenvalue weighted by Crippen LogP contribution is 2.35. The third-order valence-electron chi connectivity index (χ3n) is 3.35. The van der Waals surface area contributed by atoms with Crippen LogP contribution < -0.4 is 14.8 Å². The molecule has 0 amide bonds. The van der Waals surface area contributed by atoms with E-state index in [1.807, 2.05) is 25.1 Å². The van der Waals surface area contributed by atoms with Gasteiger partial charge in [0.05, 0.1) is 20.3 Å². The van der Waals surface area contributed by atoms with E-state index in [4.69, 9.17) is 9.47 Å². The number of hydrogen-bond acceptors (Lipinski definition) is 4. The number of aliphatic hydroxyl groups excluding tert-OH is 1. The van der Waals surface area contributed by atoms with Gasteiger partial charge < -0.3 is 19.9 Å². The number of benzene rings is 1. The third-order valence-corrected chi connectivity index (χ3v) is 3.35. The summed E-state index contributed by atoms with van der Waals surface area (Å²) >= 11 is 0. The maximum absolute atomic E-state index is 9.25. The molecule has 0 unspecified atom stereocenters. The molecule has 18 heavy (non-hydrogen) atoms. The van der Waals surface area contributed by atoms with Crippen LogP contribution in [0.15, 0.2) is 18.2 Å². The Morgan fingerprint density at radius 2 is 2.11 bits per heavy atom. The Labute approximate surface area is 108 Å². The summed E-state index contributed by atoms with van der Waals surface area (Å²) in [5, 5.41) is 12.6. The first kappa shape index (κ1) is 13.2. The molecule has 1 fully saturated rings. The minimum atomic E-state index is -0.0360. The van der Waals surface area contributed by atoms with E-state index in [0.717, 1.165) is 36.4 Å². The van der Waals surface area contributed by atoms with Crippen molar-refractivity contribution in [3.8, 4) is 11.5 Å². The molecule has 1 aromatic carbocycles. The first-order valence-electron chi connectivity index (χ1n) is 6.38. The number of rotatable bonds is 7. The molecule has 2 N–H and O–H groups in total. The first-order valence-corrected chi connectivity index (χ1v) is 6.38. The van der Waals surface area contributed by atoms with E-state index in [1.165, 1.54) is 0 Å². The second-order valence-electron chi connectivity index (χ2n) is 4.71. The highest BCUT2D eigenvalue weighted by molar-refractivity contribution is 5.43. The smallest absolute Gasteiger partial charge is 0.161 e. The Hall–Kier alpha value is -1.26. The zero-order chi connectivity index (χ0) is 13.0. The maximum Gasteiger partial charge on any atom is 0.161 e. The number of hydrogen-bond donors (Lipinski definition) is 2. The molecule has 0 aliphatic heterocycles. The minimum Gasteiger partial charge on any atom is -0.493 e. The molecule has 1 aromatic rings. The van der Waals surface area contributed by atoms with Gasteiger partial charge in [0.1, 0.15) is 0 Å². The van der Waals surface area contributed by atoms with Crippen molar-refractivity contribution in [1.82, 2.24) is 5.32 Å². The van der Waals surface area contributed by atoms with E-state index >= 15 is 0 Å². The lowest BCUT2D eigenvalue weighted by Crippen LogP contribution is -2.34. The van der Waals surface area contributed by atoms with Crippen molar-refractivity contribution in [1.29, 1.82) is 0 Å². The summed E-state index contributed by atoms with van der Waals surface area (Å²) in [4.78, 5) is 0. The average Bonchev–Trinajstić information content (AvgIpc) is 3.18. The Morgan fingerprint density at radius 1 is 1.33 bits per heavy atom. The summed E-state index contributed by atoms with van der Waals surface area (Å²) in [5.74, 6) is 1.53. The van der Waals surface area contributed by atoms with Gasteiger partial charge in [-0.15, -0.1) is 0 Å². The molecule has 4 heteroatoms. The van der Waals surface area contributed by atoms with Crippen LogP contribution in [0.25, 0.3) is 0 Å². The van der Waals surface area contributed by atoms with E-state index in [1.54, 1.807) is 7.11 Å². The molecule has 0 spiro atoms. The molecule has 4 nitrogen and oxygen atoms in total. The molecule has 0 radical (unpaired) electrons. The molecule has 0 bridgehead atoms. The van der Waals surface area contributed by atoms with Crippen molar-refractivity contribution >= 4 is 0 Å². The van der Waals surface area contributed by atoms with Crippen molar-refractivity contribution in [3.63, 3.8) is 0 Å². The van der Waals surface area contributed by atoms with Crippen LogP contribution in [0.5, 0.6) is 11.5 Å². The predicted molar refractivity (Wildman–Crippen MR) is 70.1 cm³/mol. The Kier molecular flexibility index (Phi) is 4.09. The molecule has 1 aliphatic rings. The fraction of sp³-hybridized carbons (Fsp3) is 0.571. The van der Waals surface area contributed by atoms with Gasteiger partial charge in [0.2, 0.25) is 0 Å². The molecular formula is C14H21NO3. The molecule has 2 rings (SSSR count). The van der Waals surface area contributed by atoms with Crippen LogP contribution in [0.1, 0.15) is 25.3 Å². The van der Waals surface area contributed by atoms with Gasteiger partial charge in [0.15, 0.2) is 11.5 Å². The lowest BCUT2D eigenvalue weighted by Gasteiger charge is -2.15. The normalized spacial score (nSPS) is 16.4. The van der Waals surface area contributed by atoms with Gasteiger partial charge >= 0.3 is 0 Å². The van der Waals surface area contributed by atoms with Gasteiger partial charge in [-0.2, -0.15) is 0 Å². The standard InChI is InChI=1S/C14H21NO3/c1-3-18-13-8-11(4-5-12(13)17-2)9-15-14(10-16)6-7-14/h4-5,8,15-16H,3,6-7,9-10H2,1-2H3. The van der Waals surface area contributed by atoms with Gasteiger partial charge in [-0.25, -0.2) is 0 Å². The molecule has 0 atom stereocenters. The maximum atomic E-state index is 9.25. The molecular weight excluding hydrogens is 230 g/mol. The average molecular weight is 251 g/mol. The number of aliphatic hydroxyl groups is 1. The van der Waals surface area contributed by atoms with Crippen LogP contribution in [0, 0.1) is 0 Å². The second kappa shape index (κ2) is 5.59. The van der Waals surface area contributed by atoms with E-state index in [2.05, 4.69) is 5.32 Å². The van der Waals surface area contributed by atoms with Gasteiger partial charge in [0, 0.05) is 12.1 Å². The molecule has 1 saturated carbocycles. The van der Waals surface area contributed by atoms with Crippen LogP contribution in [-0.2, 0) is 6.54 Å². The largest absolute Gasteiger partial charge is 0.493 e. The fourth-order valence-electron chi connectivity index (χ4n) is 1.93. The summed E-state index contributed by atoms with van der Waals surface area (Å²) < 4.78 is 10.8. The van der Waals surface area contributed by atoms with E-state index in [9.17, 15) is 5.11 Å². The summed E-state index contributed by atoms with van der Waals surface area (Å²) in [6, 6.07) is 5.92.